The Morgan fingerprint density at radius 2 is 2.20 bits per heavy atom. The van der Waals surface area contributed by atoms with Crippen LogP contribution >= 0.6 is 11.3 Å². The van der Waals surface area contributed by atoms with Crippen LogP contribution in [0.2, 0.25) is 0 Å². The molecule has 1 aliphatic heterocycles. The van der Waals surface area contributed by atoms with Crippen LogP contribution in [0.5, 0.6) is 11.5 Å². The number of carbonyl (C=O) groups excluding carboxylic acids is 1. The van der Waals surface area contributed by atoms with Gasteiger partial charge in [0.05, 0.1) is 31.5 Å². The van der Waals surface area contributed by atoms with E-state index in [0.717, 1.165) is 18.2 Å². The maximum absolute atomic E-state index is 11.9. The maximum atomic E-state index is 11.9. The van der Waals surface area contributed by atoms with Gasteiger partial charge in [0, 0.05) is 30.1 Å². The highest BCUT2D eigenvalue weighted by Crippen LogP contribution is 2.22. The zero-order chi connectivity index (χ0) is 17.6. The molecule has 1 aromatic heterocycles. The number of ether oxygens (including phenoxy) is 1. The number of aromatic nitrogens is 1. The van der Waals surface area contributed by atoms with Crippen molar-refractivity contribution < 1.29 is 19.7 Å². The van der Waals surface area contributed by atoms with E-state index in [-0.39, 0.29) is 23.8 Å². The molecular weight excluding hydrogens is 344 g/mol. The van der Waals surface area contributed by atoms with E-state index in [2.05, 4.69) is 20.4 Å². The van der Waals surface area contributed by atoms with Crippen LogP contribution in [0.15, 0.2) is 28.7 Å². The van der Waals surface area contributed by atoms with Gasteiger partial charge in [0.25, 0.3) is 0 Å². The van der Waals surface area contributed by atoms with Crippen LogP contribution in [-0.2, 0) is 16.0 Å². The predicted molar refractivity (Wildman–Crippen MR) is 94.4 cm³/mol. The molecule has 0 saturated carbocycles. The number of carbonyl (C=O) groups is 1. The molecule has 8 nitrogen and oxygen atoms in total. The van der Waals surface area contributed by atoms with Crippen molar-refractivity contribution in [2.24, 2.45) is 5.10 Å². The average Bonchev–Trinajstić information content (AvgIpc) is 3.06. The number of aromatic hydroxyl groups is 2. The van der Waals surface area contributed by atoms with Crippen molar-refractivity contribution in [1.29, 1.82) is 0 Å². The Morgan fingerprint density at radius 3 is 2.96 bits per heavy atom. The largest absolute Gasteiger partial charge is 0.508 e. The minimum Gasteiger partial charge on any atom is -0.508 e. The number of hydrogen-bond acceptors (Lipinski definition) is 8. The number of phenolic OH excluding ortho intramolecular Hbond substituents is 2. The molecule has 132 valence electrons. The van der Waals surface area contributed by atoms with Crippen molar-refractivity contribution in [1.82, 2.24) is 10.4 Å². The van der Waals surface area contributed by atoms with E-state index >= 15 is 0 Å². The fraction of sp³-hybridized carbons (Fsp3) is 0.312. The highest BCUT2D eigenvalue weighted by molar-refractivity contribution is 7.13. The van der Waals surface area contributed by atoms with E-state index in [1.54, 1.807) is 0 Å². The number of phenols is 2. The first-order valence-corrected chi connectivity index (χ1v) is 8.61. The first-order chi connectivity index (χ1) is 12.1. The van der Waals surface area contributed by atoms with E-state index in [0.29, 0.717) is 24.5 Å². The molecule has 1 amide bonds. The molecule has 1 saturated heterocycles. The second kappa shape index (κ2) is 7.95. The second-order valence-corrected chi connectivity index (χ2v) is 6.27. The number of nitrogens with one attached hydrogen (secondary N) is 1. The van der Waals surface area contributed by atoms with Crippen LogP contribution in [0, 0.1) is 0 Å². The third-order valence-corrected chi connectivity index (χ3v) is 4.52. The fourth-order valence-corrected chi connectivity index (χ4v) is 3.18. The average molecular weight is 362 g/mol. The summed E-state index contributed by atoms with van der Waals surface area (Å²) in [6.45, 7) is 2.99. The van der Waals surface area contributed by atoms with Crippen LogP contribution in [0.1, 0.15) is 11.3 Å². The molecule has 0 bridgehead atoms. The highest BCUT2D eigenvalue weighted by Gasteiger charge is 2.15. The Morgan fingerprint density at radius 1 is 1.40 bits per heavy atom. The fourth-order valence-electron chi connectivity index (χ4n) is 2.30. The lowest BCUT2D eigenvalue weighted by Gasteiger charge is -2.26. The van der Waals surface area contributed by atoms with E-state index < -0.39 is 0 Å². The van der Waals surface area contributed by atoms with Crippen LogP contribution in [0.25, 0.3) is 0 Å². The quantitative estimate of drug-likeness (QED) is 0.543. The van der Waals surface area contributed by atoms with E-state index in [1.165, 1.54) is 35.8 Å². The summed E-state index contributed by atoms with van der Waals surface area (Å²) in [4.78, 5) is 18.5. The number of morpholine rings is 1. The zero-order valence-electron chi connectivity index (χ0n) is 13.4. The standard InChI is InChI=1S/C16H18N4O4S/c21-13-2-1-11(14(22)8-13)9-17-19-15(23)7-12-10-25-16(18-12)20-3-5-24-6-4-20/h1-2,8-10,21-22H,3-7H2,(H,19,23)/b17-9+. The SMILES string of the molecule is O=C(Cc1csc(N2CCOCC2)n1)N/N=C/c1ccc(O)cc1O. The lowest BCUT2D eigenvalue weighted by Crippen LogP contribution is -2.36. The first-order valence-electron chi connectivity index (χ1n) is 7.73. The van der Waals surface area contributed by atoms with Gasteiger partial charge >= 0.3 is 0 Å². The third-order valence-electron chi connectivity index (χ3n) is 3.57. The number of amides is 1. The van der Waals surface area contributed by atoms with Crippen molar-refractivity contribution in [2.75, 3.05) is 31.2 Å². The summed E-state index contributed by atoms with van der Waals surface area (Å²) in [5.74, 6) is -0.459. The Bertz CT molecular complexity index is 771. The molecule has 0 radical (unpaired) electrons. The number of hydrazone groups is 1. The van der Waals surface area contributed by atoms with Crippen molar-refractivity contribution in [3.05, 3.63) is 34.8 Å². The van der Waals surface area contributed by atoms with Gasteiger partial charge in [-0.25, -0.2) is 10.4 Å². The summed E-state index contributed by atoms with van der Waals surface area (Å²) >= 11 is 1.51. The molecule has 0 unspecified atom stereocenters. The van der Waals surface area contributed by atoms with E-state index in [1.807, 2.05) is 5.38 Å². The van der Waals surface area contributed by atoms with Gasteiger partial charge in [-0.05, 0) is 12.1 Å². The molecule has 3 rings (SSSR count). The molecule has 2 aromatic rings. The molecule has 0 atom stereocenters. The molecular formula is C16H18N4O4S. The van der Waals surface area contributed by atoms with Crippen molar-refractivity contribution >= 4 is 28.6 Å². The molecule has 0 aliphatic carbocycles. The number of anilines is 1. The monoisotopic (exact) mass is 362 g/mol. The topological polar surface area (TPSA) is 107 Å². The van der Waals surface area contributed by atoms with Crippen LogP contribution in [0.4, 0.5) is 5.13 Å². The Balaban J connectivity index is 1.52. The number of nitrogens with zero attached hydrogens (tertiary/aromatic N) is 3. The van der Waals surface area contributed by atoms with Gasteiger partial charge in [-0.1, -0.05) is 0 Å². The normalized spacial score (nSPS) is 14.8. The summed E-state index contributed by atoms with van der Waals surface area (Å²) in [6.07, 6.45) is 1.44. The maximum Gasteiger partial charge on any atom is 0.246 e. The highest BCUT2D eigenvalue weighted by atomic mass is 32.1. The molecule has 3 N–H and O–H groups in total. The molecule has 2 heterocycles. The van der Waals surface area contributed by atoms with Gasteiger partial charge in [-0.2, -0.15) is 5.10 Å². The van der Waals surface area contributed by atoms with Crippen molar-refractivity contribution in [3.8, 4) is 11.5 Å². The summed E-state index contributed by atoms with van der Waals surface area (Å²) in [5, 5.41) is 25.4. The molecule has 1 aromatic carbocycles. The lowest BCUT2D eigenvalue weighted by atomic mass is 10.2. The number of hydrogen-bond donors (Lipinski definition) is 3. The van der Waals surface area contributed by atoms with Gasteiger partial charge in [-0.3, -0.25) is 4.79 Å². The zero-order valence-corrected chi connectivity index (χ0v) is 14.2. The second-order valence-electron chi connectivity index (χ2n) is 5.43. The van der Waals surface area contributed by atoms with E-state index in [9.17, 15) is 15.0 Å². The van der Waals surface area contributed by atoms with E-state index in [4.69, 9.17) is 4.74 Å². The minimum atomic E-state index is -0.298. The molecule has 25 heavy (non-hydrogen) atoms. The van der Waals surface area contributed by atoms with Crippen molar-refractivity contribution in [2.45, 2.75) is 6.42 Å². The molecule has 9 heteroatoms. The van der Waals surface area contributed by atoms with Gasteiger partial charge in [0.15, 0.2) is 5.13 Å². The smallest absolute Gasteiger partial charge is 0.246 e. The summed E-state index contributed by atoms with van der Waals surface area (Å²) in [5.41, 5.74) is 3.48. The molecule has 1 aliphatic rings. The Labute approximate surface area is 148 Å². The minimum absolute atomic E-state index is 0.0433. The van der Waals surface area contributed by atoms with Gasteiger partial charge in [0.2, 0.25) is 5.91 Å². The summed E-state index contributed by atoms with van der Waals surface area (Å²) in [6, 6.07) is 4.12. The molecule has 0 spiro atoms. The van der Waals surface area contributed by atoms with Gasteiger partial charge < -0.3 is 19.8 Å². The van der Waals surface area contributed by atoms with Crippen LogP contribution < -0.4 is 10.3 Å². The summed E-state index contributed by atoms with van der Waals surface area (Å²) in [7, 11) is 0. The Hall–Kier alpha value is -2.65. The lowest BCUT2D eigenvalue weighted by molar-refractivity contribution is -0.120. The number of thiazole rings is 1. The van der Waals surface area contributed by atoms with Crippen LogP contribution in [-0.4, -0.2) is 53.6 Å². The number of benzene rings is 1. The Kier molecular flexibility index (Phi) is 5.46. The first kappa shape index (κ1) is 17.2. The van der Waals surface area contributed by atoms with Crippen molar-refractivity contribution in [3.63, 3.8) is 0 Å². The van der Waals surface area contributed by atoms with Crippen LogP contribution in [0.3, 0.4) is 0 Å². The third kappa shape index (κ3) is 4.68. The van der Waals surface area contributed by atoms with Gasteiger partial charge in [0.1, 0.15) is 11.5 Å². The predicted octanol–water partition coefficient (Wildman–Crippen LogP) is 1.08. The van der Waals surface area contributed by atoms with Gasteiger partial charge in [-0.15, -0.1) is 11.3 Å². The number of rotatable bonds is 5. The molecule has 1 fully saturated rings. The summed E-state index contributed by atoms with van der Waals surface area (Å²) < 4.78 is 5.31.